The maximum absolute atomic E-state index is 4.87. The molecule has 26 heavy (non-hydrogen) atoms. The van der Waals surface area contributed by atoms with Crippen molar-refractivity contribution in [3.05, 3.63) is 34.7 Å². The first-order chi connectivity index (χ1) is 12.5. The van der Waals surface area contributed by atoms with E-state index in [2.05, 4.69) is 35.4 Å². The maximum Gasteiger partial charge on any atom is 0.141 e. The van der Waals surface area contributed by atoms with Gasteiger partial charge in [0, 0.05) is 26.3 Å². The van der Waals surface area contributed by atoms with Crippen molar-refractivity contribution in [2.75, 3.05) is 18.0 Å². The average molecular weight is 370 g/mol. The molecule has 1 fully saturated rings. The molecule has 6 heteroatoms. The summed E-state index contributed by atoms with van der Waals surface area (Å²) >= 11 is 1.76. The molecule has 5 nitrogen and oxygen atoms in total. The van der Waals surface area contributed by atoms with E-state index in [0.29, 0.717) is 11.8 Å². The monoisotopic (exact) mass is 369 g/mol. The van der Waals surface area contributed by atoms with Crippen molar-refractivity contribution in [3.8, 4) is 0 Å². The van der Waals surface area contributed by atoms with Crippen molar-refractivity contribution in [2.24, 2.45) is 18.9 Å². The lowest BCUT2D eigenvalue weighted by molar-refractivity contribution is 0.586. The van der Waals surface area contributed by atoms with E-state index >= 15 is 0 Å². The average Bonchev–Trinajstić information content (AvgIpc) is 3.28. The maximum atomic E-state index is 4.87. The van der Waals surface area contributed by atoms with Gasteiger partial charge >= 0.3 is 0 Å². The lowest BCUT2D eigenvalue weighted by Gasteiger charge is -2.20. The molecule has 138 valence electrons. The molecule has 0 aliphatic carbocycles. The lowest BCUT2D eigenvalue weighted by Crippen LogP contribution is -2.22. The predicted octanol–water partition coefficient (Wildman–Crippen LogP) is 4.00. The molecular weight excluding hydrogens is 342 g/mol. The smallest absolute Gasteiger partial charge is 0.141 e. The molecule has 0 saturated carbocycles. The molecule has 0 bridgehead atoms. The molecule has 0 N–H and O–H groups in total. The third-order valence-corrected chi connectivity index (χ3v) is 6.02. The summed E-state index contributed by atoms with van der Waals surface area (Å²) in [5.74, 6) is 3.33. The summed E-state index contributed by atoms with van der Waals surface area (Å²) < 4.78 is 1.89. The Morgan fingerprint density at radius 3 is 2.88 bits per heavy atom. The Hall–Kier alpha value is -1.95. The SMILES string of the molecule is Cc1nc(N2CCC(Cc3cnn(C)c3)C2)c2c(CC(C)C)csc2n1. The van der Waals surface area contributed by atoms with Crippen LogP contribution >= 0.6 is 11.3 Å². The third-order valence-electron chi connectivity index (χ3n) is 5.10. The molecule has 1 atom stereocenters. The van der Waals surface area contributed by atoms with Crippen LogP contribution in [0.4, 0.5) is 5.82 Å². The molecule has 0 spiro atoms. The lowest BCUT2D eigenvalue weighted by atomic mass is 10.0. The molecule has 1 aliphatic rings. The molecule has 0 amide bonds. The summed E-state index contributed by atoms with van der Waals surface area (Å²) in [6.45, 7) is 8.70. The van der Waals surface area contributed by atoms with Crippen molar-refractivity contribution in [3.63, 3.8) is 0 Å². The number of fused-ring (bicyclic) bond motifs is 1. The van der Waals surface area contributed by atoms with Crippen molar-refractivity contribution in [2.45, 2.75) is 40.0 Å². The van der Waals surface area contributed by atoms with E-state index in [0.717, 1.165) is 42.4 Å². The summed E-state index contributed by atoms with van der Waals surface area (Å²) in [7, 11) is 1.98. The highest BCUT2D eigenvalue weighted by Crippen LogP contribution is 2.36. The van der Waals surface area contributed by atoms with Crippen molar-refractivity contribution < 1.29 is 0 Å². The third kappa shape index (κ3) is 3.47. The van der Waals surface area contributed by atoms with Gasteiger partial charge in [0.2, 0.25) is 0 Å². The second-order valence-corrected chi connectivity index (χ2v) is 8.82. The summed E-state index contributed by atoms with van der Waals surface area (Å²) in [6.07, 6.45) is 7.53. The second kappa shape index (κ2) is 6.99. The van der Waals surface area contributed by atoms with Crippen molar-refractivity contribution in [1.82, 2.24) is 19.7 Å². The molecule has 4 rings (SSSR count). The Morgan fingerprint density at radius 2 is 2.15 bits per heavy atom. The van der Waals surface area contributed by atoms with E-state index in [4.69, 9.17) is 9.97 Å². The highest BCUT2D eigenvalue weighted by Gasteiger charge is 2.27. The Kier molecular flexibility index (Phi) is 4.69. The highest BCUT2D eigenvalue weighted by molar-refractivity contribution is 7.17. The van der Waals surface area contributed by atoms with Gasteiger partial charge in [0.15, 0.2) is 0 Å². The van der Waals surface area contributed by atoms with Crippen LogP contribution < -0.4 is 4.90 Å². The molecule has 0 radical (unpaired) electrons. The highest BCUT2D eigenvalue weighted by atomic mass is 32.1. The summed E-state index contributed by atoms with van der Waals surface area (Å²) in [5, 5.41) is 7.88. The molecule has 3 aromatic heterocycles. The van der Waals surface area contributed by atoms with Gasteiger partial charge in [0.1, 0.15) is 16.5 Å². The zero-order valence-corrected chi connectivity index (χ0v) is 16.9. The minimum absolute atomic E-state index is 0.638. The first-order valence-electron chi connectivity index (χ1n) is 9.46. The van der Waals surface area contributed by atoms with Gasteiger partial charge < -0.3 is 4.90 Å². The van der Waals surface area contributed by atoms with Crippen molar-refractivity contribution >= 4 is 27.4 Å². The number of hydrogen-bond acceptors (Lipinski definition) is 5. The molecule has 0 aromatic carbocycles. The summed E-state index contributed by atoms with van der Waals surface area (Å²) in [4.78, 5) is 13.2. The number of rotatable bonds is 5. The fourth-order valence-electron chi connectivity index (χ4n) is 4.01. The van der Waals surface area contributed by atoms with Gasteiger partial charge in [-0.1, -0.05) is 13.8 Å². The first kappa shape index (κ1) is 17.5. The first-order valence-corrected chi connectivity index (χ1v) is 10.3. The van der Waals surface area contributed by atoms with Gasteiger partial charge in [-0.15, -0.1) is 11.3 Å². The zero-order chi connectivity index (χ0) is 18.3. The largest absolute Gasteiger partial charge is 0.356 e. The number of anilines is 1. The fourth-order valence-corrected chi connectivity index (χ4v) is 5.00. The molecular formula is C20H27N5S. The van der Waals surface area contributed by atoms with Crippen LogP contribution in [-0.4, -0.2) is 32.8 Å². The van der Waals surface area contributed by atoms with Crippen LogP contribution in [0.1, 0.15) is 37.2 Å². The van der Waals surface area contributed by atoms with Gasteiger partial charge in [-0.3, -0.25) is 4.68 Å². The second-order valence-electron chi connectivity index (χ2n) is 7.96. The van der Waals surface area contributed by atoms with E-state index in [1.165, 1.54) is 22.9 Å². The zero-order valence-electron chi connectivity index (χ0n) is 16.1. The number of thiophene rings is 1. The van der Waals surface area contributed by atoms with Gasteiger partial charge in [0.05, 0.1) is 11.6 Å². The normalized spacial score (nSPS) is 17.7. The minimum Gasteiger partial charge on any atom is -0.356 e. The van der Waals surface area contributed by atoms with Gasteiger partial charge in [-0.2, -0.15) is 5.10 Å². The van der Waals surface area contributed by atoms with Crippen LogP contribution in [0.3, 0.4) is 0 Å². The predicted molar refractivity (Wildman–Crippen MR) is 108 cm³/mol. The van der Waals surface area contributed by atoms with E-state index in [-0.39, 0.29) is 0 Å². The van der Waals surface area contributed by atoms with Crippen LogP contribution in [0, 0.1) is 18.8 Å². The summed E-state index contributed by atoms with van der Waals surface area (Å²) in [6, 6.07) is 0. The van der Waals surface area contributed by atoms with E-state index < -0.39 is 0 Å². The van der Waals surface area contributed by atoms with Crippen LogP contribution in [0.25, 0.3) is 10.2 Å². The molecule has 1 aliphatic heterocycles. The standard InChI is InChI=1S/C20H27N5S/c1-13(2)7-17-12-26-20-18(17)19(22-14(3)23-20)25-6-5-15(11-25)8-16-9-21-24(4)10-16/h9-10,12-13,15H,5-8,11H2,1-4H3. The van der Waals surface area contributed by atoms with Crippen LogP contribution in [0.2, 0.25) is 0 Å². The summed E-state index contributed by atoms with van der Waals surface area (Å²) in [5.41, 5.74) is 2.74. The molecule has 1 saturated heterocycles. The van der Waals surface area contributed by atoms with Gasteiger partial charge in [-0.25, -0.2) is 9.97 Å². The number of aromatic nitrogens is 4. The Morgan fingerprint density at radius 1 is 1.31 bits per heavy atom. The molecule has 4 heterocycles. The Balaban J connectivity index is 1.60. The van der Waals surface area contributed by atoms with E-state index in [1.54, 1.807) is 11.3 Å². The van der Waals surface area contributed by atoms with Gasteiger partial charge in [-0.05, 0) is 54.5 Å². The molecule has 3 aromatic rings. The fraction of sp³-hybridized carbons (Fsp3) is 0.550. The van der Waals surface area contributed by atoms with E-state index in [1.807, 2.05) is 24.9 Å². The topological polar surface area (TPSA) is 46.8 Å². The Labute approximate surface area is 159 Å². The van der Waals surface area contributed by atoms with Crippen molar-refractivity contribution in [1.29, 1.82) is 0 Å². The van der Waals surface area contributed by atoms with Crippen LogP contribution in [0.15, 0.2) is 17.8 Å². The van der Waals surface area contributed by atoms with Crippen LogP contribution in [-0.2, 0) is 19.9 Å². The number of nitrogens with zero attached hydrogens (tertiary/aromatic N) is 5. The Bertz CT molecular complexity index is 910. The van der Waals surface area contributed by atoms with Crippen LogP contribution in [0.5, 0.6) is 0 Å². The van der Waals surface area contributed by atoms with E-state index in [9.17, 15) is 0 Å². The van der Waals surface area contributed by atoms with Gasteiger partial charge in [0.25, 0.3) is 0 Å². The number of aryl methyl sites for hydroxylation is 2. The number of hydrogen-bond donors (Lipinski definition) is 0. The quantitative estimate of drug-likeness (QED) is 0.682. The minimum atomic E-state index is 0.638. The molecule has 1 unspecified atom stereocenters.